The Morgan fingerprint density at radius 3 is 2.50 bits per heavy atom. The van der Waals surface area contributed by atoms with Crippen LogP contribution in [0.15, 0.2) is 24.3 Å². The number of Topliss-reactive ketones (excluding diaryl/α,β-unsaturated/α-hetero) is 1. The first kappa shape index (κ1) is 20.5. The summed E-state index contributed by atoms with van der Waals surface area (Å²) < 4.78 is 10.6. The summed E-state index contributed by atoms with van der Waals surface area (Å²) in [6.45, 7) is 2.29. The van der Waals surface area contributed by atoms with E-state index in [0.717, 1.165) is 54.0 Å². The van der Waals surface area contributed by atoms with Gasteiger partial charge in [0.15, 0.2) is 17.3 Å². The minimum Gasteiger partial charge on any atom is -0.493 e. The molecule has 2 rings (SSSR count). The fourth-order valence-corrected chi connectivity index (χ4v) is 4.10. The number of rotatable bonds is 11. The molecule has 26 heavy (non-hydrogen) atoms. The topological polar surface area (TPSA) is 55.8 Å². The highest BCUT2D eigenvalue weighted by molar-refractivity contribution is 7.14. The maximum Gasteiger partial charge on any atom is 0.172 e. The van der Waals surface area contributed by atoms with E-state index in [2.05, 4.69) is 6.92 Å². The summed E-state index contributed by atoms with van der Waals surface area (Å²) in [7, 11) is 3.25. The summed E-state index contributed by atoms with van der Waals surface area (Å²) in [5.74, 6) is 1.65. The summed E-state index contributed by atoms with van der Waals surface area (Å²) in [6.07, 6.45) is 4.90. The van der Waals surface area contributed by atoms with E-state index in [-0.39, 0.29) is 12.4 Å². The molecule has 0 spiro atoms. The van der Waals surface area contributed by atoms with E-state index in [4.69, 9.17) is 14.6 Å². The van der Waals surface area contributed by atoms with Crippen molar-refractivity contribution >= 4 is 17.1 Å². The van der Waals surface area contributed by atoms with Crippen LogP contribution < -0.4 is 9.47 Å². The number of carbonyl (C=O) groups excluding carboxylic acids is 1. The molecule has 1 N–H and O–H groups in total. The zero-order valence-corrected chi connectivity index (χ0v) is 16.7. The second kappa shape index (κ2) is 10.3. The predicted octanol–water partition coefficient (Wildman–Crippen LogP) is 4.59. The Hall–Kier alpha value is -1.85. The van der Waals surface area contributed by atoms with E-state index < -0.39 is 0 Å². The number of thiophene rings is 1. The minimum atomic E-state index is 0.215. The molecule has 5 heteroatoms. The molecule has 1 aromatic heterocycles. The van der Waals surface area contributed by atoms with Gasteiger partial charge in [0.25, 0.3) is 0 Å². The van der Waals surface area contributed by atoms with Gasteiger partial charge in [-0.3, -0.25) is 4.79 Å². The summed E-state index contributed by atoms with van der Waals surface area (Å²) in [6, 6.07) is 7.90. The maximum absolute atomic E-state index is 12.5. The van der Waals surface area contributed by atoms with Crippen molar-refractivity contribution in [2.24, 2.45) is 0 Å². The van der Waals surface area contributed by atoms with Crippen LogP contribution in [-0.2, 0) is 12.8 Å². The number of benzene rings is 1. The van der Waals surface area contributed by atoms with Crippen molar-refractivity contribution in [2.75, 3.05) is 20.8 Å². The van der Waals surface area contributed by atoms with Gasteiger partial charge in [-0.2, -0.15) is 0 Å². The second-order valence-corrected chi connectivity index (χ2v) is 7.50. The Morgan fingerprint density at radius 1 is 1.04 bits per heavy atom. The molecule has 1 heterocycles. The first-order valence-corrected chi connectivity index (χ1v) is 9.85. The number of aliphatic hydroxyl groups excluding tert-OH is 1. The minimum absolute atomic E-state index is 0.215. The molecule has 0 aliphatic carbocycles. The Morgan fingerprint density at radius 2 is 1.81 bits per heavy atom. The Bertz CT molecular complexity index is 721. The van der Waals surface area contributed by atoms with E-state index in [1.54, 1.807) is 25.6 Å². The van der Waals surface area contributed by atoms with Crippen LogP contribution in [-0.4, -0.2) is 31.7 Å². The second-order valence-electron chi connectivity index (χ2n) is 6.36. The van der Waals surface area contributed by atoms with Crippen molar-refractivity contribution in [1.29, 1.82) is 0 Å². The number of ether oxygens (including phenoxy) is 2. The summed E-state index contributed by atoms with van der Waals surface area (Å²) in [4.78, 5) is 14.6. The van der Waals surface area contributed by atoms with E-state index in [1.165, 1.54) is 10.4 Å². The van der Waals surface area contributed by atoms with Crippen LogP contribution in [0, 0.1) is 6.92 Å². The van der Waals surface area contributed by atoms with Gasteiger partial charge in [-0.1, -0.05) is 6.07 Å². The molecule has 0 aliphatic rings. The molecule has 0 bridgehead atoms. The molecule has 2 aromatic rings. The van der Waals surface area contributed by atoms with Gasteiger partial charge in [-0.05, 0) is 68.4 Å². The average molecular weight is 377 g/mol. The van der Waals surface area contributed by atoms with Crippen LogP contribution in [0.4, 0.5) is 0 Å². The van der Waals surface area contributed by atoms with E-state index in [9.17, 15) is 4.79 Å². The van der Waals surface area contributed by atoms with Gasteiger partial charge in [0.2, 0.25) is 0 Å². The third kappa shape index (κ3) is 5.58. The lowest BCUT2D eigenvalue weighted by Gasteiger charge is -2.09. The lowest BCUT2D eigenvalue weighted by atomic mass is 10.0. The summed E-state index contributed by atoms with van der Waals surface area (Å²) in [5, 5.41) is 8.89. The third-order valence-corrected chi connectivity index (χ3v) is 5.76. The van der Waals surface area contributed by atoms with E-state index in [1.807, 2.05) is 24.3 Å². The number of carbonyl (C=O) groups is 1. The molecular weight excluding hydrogens is 348 g/mol. The number of aliphatic hydroxyl groups is 1. The van der Waals surface area contributed by atoms with Crippen molar-refractivity contribution in [1.82, 2.24) is 0 Å². The van der Waals surface area contributed by atoms with Crippen molar-refractivity contribution < 1.29 is 19.4 Å². The average Bonchev–Trinajstić information content (AvgIpc) is 3.02. The number of ketones is 1. The van der Waals surface area contributed by atoms with Gasteiger partial charge in [-0.25, -0.2) is 0 Å². The maximum atomic E-state index is 12.5. The molecule has 0 unspecified atom stereocenters. The highest BCUT2D eigenvalue weighted by Gasteiger charge is 2.13. The van der Waals surface area contributed by atoms with Gasteiger partial charge in [-0.15, -0.1) is 11.3 Å². The fraction of sp³-hybridized carbons (Fsp3) is 0.476. The lowest BCUT2D eigenvalue weighted by Crippen LogP contribution is -1.98. The largest absolute Gasteiger partial charge is 0.493 e. The van der Waals surface area contributed by atoms with E-state index in [0.29, 0.717) is 6.42 Å². The quantitative estimate of drug-likeness (QED) is 0.460. The number of methoxy groups -OCH3 is 2. The summed E-state index contributed by atoms with van der Waals surface area (Å²) >= 11 is 1.61. The highest BCUT2D eigenvalue weighted by atomic mass is 32.1. The molecule has 0 saturated carbocycles. The van der Waals surface area contributed by atoms with E-state index >= 15 is 0 Å². The monoisotopic (exact) mass is 376 g/mol. The zero-order valence-electron chi connectivity index (χ0n) is 15.8. The van der Waals surface area contributed by atoms with Gasteiger partial charge < -0.3 is 14.6 Å². The predicted molar refractivity (Wildman–Crippen MR) is 106 cm³/mol. The van der Waals surface area contributed by atoms with Crippen LogP contribution in [0.25, 0.3) is 0 Å². The molecule has 0 radical (unpaired) electrons. The number of unbranched alkanes of at least 4 members (excludes halogenated alkanes) is 1. The third-order valence-electron chi connectivity index (χ3n) is 4.42. The Labute approximate surface area is 159 Å². The SMILES string of the molecule is COc1ccc(CCCC(=O)c2cc(C)c(CCCCO)s2)cc1OC. The van der Waals surface area contributed by atoms with Crippen LogP contribution in [0.5, 0.6) is 11.5 Å². The molecular formula is C21H28O4S. The first-order chi connectivity index (χ1) is 12.6. The van der Waals surface area contributed by atoms with Crippen molar-refractivity contribution in [3.63, 3.8) is 0 Å². The van der Waals surface area contributed by atoms with Crippen LogP contribution >= 0.6 is 11.3 Å². The van der Waals surface area contributed by atoms with Crippen LogP contribution in [0.1, 0.15) is 51.4 Å². The first-order valence-electron chi connectivity index (χ1n) is 9.03. The molecule has 4 nitrogen and oxygen atoms in total. The van der Waals surface area contributed by atoms with Crippen LogP contribution in [0.3, 0.4) is 0 Å². The number of hydrogen-bond acceptors (Lipinski definition) is 5. The van der Waals surface area contributed by atoms with Crippen molar-refractivity contribution in [3.8, 4) is 11.5 Å². The Balaban J connectivity index is 1.88. The molecule has 0 amide bonds. The fourth-order valence-electron chi connectivity index (χ4n) is 2.92. The zero-order chi connectivity index (χ0) is 18.9. The van der Waals surface area contributed by atoms with Gasteiger partial charge in [0, 0.05) is 17.9 Å². The smallest absolute Gasteiger partial charge is 0.172 e. The highest BCUT2D eigenvalue weighted by Crippen LogP contribution is 2.29. The molecule has 0 aliphatic heterocycles. The van der Waals surface area contributed by atoms with Crippen molar-refractivity contribution in [2.45, 2.75) is 45.4 Å². The normalized spacial score (nSPS) is 10.8. The van der Waals surface area contributed by atoms with Crippen molar-refractivity contribution in [3.05, 3.63) is 45.1 Å². The number of hydrogen-bond donors (Lipinski definition) is 1. The molecule has 0 atom stereocenters. The standard InChI is InChI=1S/C21H28O4S/c1-15-13-21(26-20(15)9-4-5-12-22)17(23)8-6-7-16-10-11-18(24-2)19(14-16)25-3/h10-11,13-14,22H,4-9,12H2,1-3H3. The Kier molecular flexibility index (Phi) is 8.13. The van der Waals surface area contributed by atoms with Crippen LogP contribution in [0.2, 0.25) is 0 Å². The lowest BCUT2D eigenvalue weighted by molar-refractivity contribution is 0.0984. The molecule has 0 fully saturated rings. The molecule has 1 aromatic carbocycles. The summed E-state index contributed by atoms with van der Waals surface area (Å²) in [5.41, 5.74) is 2.33. The van der Waals surface area contributed by atoms with Gasteiger partial charge >= 0.3 is 0 Å². The van der Waals surface area contributed by atoms with Gasteiger partial charge in [0.1, 0.15) is 0 Å². The van der Waals surface area contributed by atoms with Gasteiger partial charge in [0.05, 0.1) is 19.1 Å². The molecule has 142 valence electrons. The molecule has 0 saturated heterocycles. The number of aryl methyl sites for hydroxylation is 3.